The molecule has 0 radical (unpaired) electrons. The molecule has 0 heterocycles. The van der Waals surface area contributed by atoms with E-state index in [9.17, 15) is 4.79 Å². The number of benzene rings is 2. The van der Waals surface area contributed by atoms with Gasteiger partial charge in [-0.2, -0.15) is 0 Å². The van der Waals surface area contributed by atoms with E-state index >= 15 is 0 Å². The van der Waals surface area contributed by atoms with Crippen LogP contribution in [0.4, 0.5) is 0 Å². The van der Waals surface area contributed by atoms with Crippen LogP contribution in [0.3, 0.4) is 0 Å². The standard InChI is InChI=1S/C16H16O4/c1-3-20-15-9-8-11(16(17)18)10-13(15)12-6-4-5-7-14(12)19-2/h4-10H,3H2,1-2H3,(H,17,18). The first-order valence-electron chi connectivity index (χ1n) is 6.31. The summed E-state index contributed by atoms with van der Waals surface area (Å²) >= 11 is 0. The molecule has 1 N–H and O–H groups in total. The second kappa shape index (κ2) is 6.10. The van der Waals surface area contributed by atoms with Crippen molar-refractivity contribution in [1.29, 1.82) is 0 Å². The van der Waals surface area contributed by atoms with Crippen LogP contribution in [0.1, 0.15) is 17.3 Å². The van der Waals surface area contributed by atoms with E-state index in [1.54, 1.807) is 19.2 Å². The van der Waals surface area contributed by atoms with Crippen LogP contribution in [-0.4, -0.2) is 24.8 Å². The maximum atomic E-state index is 11.1. The minimum absolute atomic E-state index is 0.217. The quantitative estimate of drug-likeness (QED) is 0.905. The first kappa shape index (κ1) is 13.9. The highest BCUT2D eigenvalue weighted by Gasteiger charge is 2.14. The zero-order valence-electron chi connectivity index (χ0n) is 11.4. The van der Waals surface area contributed by atoms with Gasteiger partial charge in [0.05, 0.1) is 19.3 Å². The van der Waals surface area contributed by atoms with Gasteiger partial charge in [0.1, 0.15) is 11.5 Å². The van der Waals surface area contributed by atoms with E-state index in [-0.39, 0.29) is 5.56 Å². The molecule has 4 heteroatoms. The Bertz CT molecular complexity index is 620. The molecule has 104 valence electrons. The maximum absolute atomic E-state index is 11.1. The molecule has 0 aliphatic carbocycles. The summed E-state index contributed by atoms with van der Waals surface area (Å²) in [5.74, 6) is 0.349. The molecule has 20 heavy (non-hydrogen) atoms. The maximum Gasteiger partial charge on any atom is 0.335 e. The van der Waals surface area contributed by atoms with Gasteiger partial charge in [-0.1, -0.05) is 18.2 Å². The SMILES string of the molecule is CCOc1ccc(C(=O)O)cc1-c1ccccc1OC. The first-order chi connectivity index (χ1) is 9.67. The number of hydrogen-bond donors (Lipinski definition) is 1. The molecular weight excluding hydrogens is 256 g/mol. The van der Waals surface area contributed by atoms with Crippen LogP contribution in [0.25, 0.3) is 11.1 Å². The number of carbonyl (C=O) groups is 1. The molecule has 0 amide bonds. The van der Waals surface area contributed by atoms with Gasteiger partial charge in [-0.15, -0.1) is 0 Å². The third-order valence-electron chi connectivity index (χ3n) is 2.92. The molecular formula is C16H16O4. The third-order valence-corrected chi connectivity index (χ3v) is 2.92. The van der Waals surface area contributed by atoms with Crippen molar-refractivity contribution in [3.8, 4) is 22.6 Å². The van der Waals surface area contributed by atoms with Crippen LogP contribution in [0.5, 0.6) is 11.5 Å². The molecule has 0 aliphatic rings. The number of ether oxygens (including phenoxy) is 2. The second-order valence-corrected chi connectivity index (χ2v) is 4.15. The molecule has 4 nitrogen and oxygen atoms in total. The van der Waals surface area contributed by atoms with Gasteiger partial charge < -0.3 is 14.6 Å². The summed E-state index contributed by atoms with van der Waals surface area (Å²) in [6.45, 7) is 2.39. The van der Waals surface area contributed by atoms with Crippen LogP contribution in [-0.2, 0) is 0 Å². The van der Waals surface area contributed by atoms with Crippen molar-refractivity contribution >= 4 is 5.97 Å². The monoisotopic (exact) mass is 272 g/mol. The fourth-order valence-electron chi connectivity index (χ4n) is 2.02. The summed E-state index contributed by atoms with van der Waals surface area (Å²) in [6, 6.07) is 12.3. The Morgan fingerprint density at radius 3 is 2.50 bits per heavy atom. The van der Waals surface area contributed by atoms with Crippen LogP contribution < -0.4 is 9.47 Å². The number of rotatable bonds is 5. The van der Waals surface area contributed by atoms with Crippen molar-refractivity contribution in [1.82, 2.24) is 0 Å². The predicted octanol–water partition coefficient (Wildman–Crippen LogP) is 3.46. The zero-order valence-corrected chi connectivity index (χ0v) is 11.4. The minimum Gasteiger partial charge on any atom is -0.496 e. The van der Waals surface area contributed by atoms with E-state index in [1.165, 1.54) is 6.07 Å². The molecule has 0 bridgehead atoms. The highest BCUT2D eigenvalue weighted by molar-refractivity contribution is 5.91. The molecule has 0 aliphatic heterocycles. The predicted molar refractivity (Wildman–Crippen MR) is 76.6 cm³/mol. The molecule has 2 aromatic carbocycles. The minimum atomic E-state index is -0.968. The molecule has 0 saturated carbocycles. The molecule has 2 rings (SSSR count). The Morgan fingerprint density at radius 1 is 1.10 bits per heavy atom. The van der Waals surface area contributed by atoms with Crippen molar-refractivity contribution in [2.75, 3.05) is 13.7 Å². The average Bonchev–Trinajstić information content (AvgIpc) is 2.47. The Hall–Kier alpha value is -2.49. The third kappa shape index (κ3) is 2.74. The van der Waals surface area contributed by atoms with Gasteiger partial charge in [0.25, 0.3) is 0 Å². The average molecular weight is 272 g/mol. The van der Waals surface area contributed by atoms with E-state index in [1.807, 2.05) is 31.2 Å². The van der Waals surface area contributed by atoms with Crippen molar-refractivity contribution in [3.63, 3.8) is 0 Å². The molecule has 0 aromatic heterocycles. The topological polar surface area (TPSA) is 55.8 Å². The summed E-state index contributed by atoms with van der Waals surface area (Å²) in [5.41, 5.74) is 1.74. The van der Waals surface area contributed by atoms with Gasteiger partial charge >= 0.3 is 5.97 Å². The summed E-state index contributed by atoms with van der Waals surface area (Å²) in [4.78, 5) is 11.1. The molecule has 0 fully saturated rings. The van der Waals surface area contributed by atoms with Gasteiger partial charge in [0, 0.05) is 11.1 Å². The molecule has 0 saturated heterocycles. The van der Waals surface area contributed by atoms with Crippen LogP contribution in [0.15, 0.2) is 42.5 Å². The first-order valence-corrected chi connectivity index (χ1v) is 6.31. The lowest BCUT2D eigenvalue weighted by Gasteiger charge is -2.14. The van der Waals surface area contributed by atoms with E-state index < -0.39 is 5.97 Å². The number of para-hydroxylation sites is 1. The molecule has 0 spiro atoms. The van der Waals surface area contributed by atoms with Crippen molar-refractivity contribution in [2.24, 2.45) is 0 Å². The highest BCUT2D eigenvalue weighted by atomic mass is 16.5. The number of hydrogen-bond acceptors (Lipinski definition) is 3. The van der Waals surface area contributed by atoms with Crippen molar-refractivity contribution in [3.05, 3.63) is 48.0 Å². The van der Waals surface area contributed by atoms with Gasteiger partial charge in [-0.25, -0.2) is 4.79 Å². The lowest BCUT2D eigenvalue weighted by atomic mass is 10.0. The Kier molecular flexibility index (Phi) is 4.25. The molecule has 0 atom stereocenters. The number of carboxylic acids is 1. The summed E-state index contributed by atoms with van der Waals surface area (Å²) in [7, 11) is 1.58. The lowest BCUT2D eigenvalue weighted by molar-refractivity contribution is 0.0697. The fourth-order valence-corrected chi connectivity index (χ4v) is 2.02. The van der Waals surface area contributed by atoms with Crippen LogP contribution in [0.2, 0.25) is 0 Å². The van der Waals surface area contributed by atoms with Gasteiger partial charge in [-0.3, -0.25) is 0 Å². The van der Waals surface area contributed by atoms with Crippen molar-refractivity contribution < 1.29 is 19.4 Å². The van der Waals surface area contributed by atoms with E-state index in [0.717, 1.165) is 5.56 Å². The smallest absolute Gasteiger partial charge is 0.335 e. The summed E-state index contributed by atoms with van der Waals surface area (Å²) in [5, 5.41) is 9.13. The van der Waals surface area contributed by atoms with Crippen molar-refractivity contribution in [2.45, 2.75) is 6.92 Å². The summed E-state index contributed by atoms with van der Waals surface area (Å²) < 4.78 is 10.9. The number of carboxylic acid groups (broad SMARTS) is 1. The Labute approximate surface area is 117 Å². The van der Waals surface area contributed by atoms with Crippen LogP contribution in [0, 0.1) is 0 Å². The second-order valence-electron chi connectivity index (χ2n) is 4.15. The molecule has 0 unspecified atom stereocenters. The van der Waals surface area contributed by atoms with E-state index in [0.29, 0.717) is 23.7 Å². The number of aromatic carboxylic acids is 1. The summed E-state index contributed by atoms with van der Waals surface area (Å²) in [6.07, 6.45) is 0. The van der Waals surface area contributed by atoms with Crippen LogP contribution >= 0.6 is 0 Å². The van der Waals surface area contributed by atoms with Gasteiger partial charge in [0.2, 0.25) is 0 Å². The highest BCUT2D eigenvalue weighted by Crippen LogP contribution is 2.36. The normalized spacial score (nSPS) is 10.1. The lowest BCUT2D eigenvalue weighted by Crippen LogP contribution is -2.00. The Morgan fingerprint density at radius 2 is 1.85 bits per heavy atom. The fraction of sp³-hybridized carbons (Fsp3) is 0.188. The van der Waals surface area contributed by atoms with Gasteiger partial charge in [0.15, 0.2) is 0 Å². The number of methoxy groups -OCH3 is 1. The van der Waals surface area contributed by atoms with E-state index in [2.05, 4.69) is 0 Å². The largest absolute Gasteiger partial charge is 0.496 e. The Balaban J connectivity index is 2.62. The van der Waals surface area contributed by atoms with Gasteiger partial charge in [-0.05, 0) is 31.2 Å². The molecule has 2 aromatic rings. The zero-order chi connectivity index (χ0) is 14.5. The van der Waals surface area contributed by atoms with E-state index in [4.69, 9.17) is 14.6 Å².